The van der Waals surface area contributed by atoms with E-state index in [1.807, 2.05) is 12.1 Å². The topological polar surface area (TPSA) is 30.5 Å². The van der Waals surface area contributed by atoms with Gasteiger partial charge in [-0.15, -0.1) is 0 Å². The first-order valence-corrected chi connectivity index (χ1v) is 7.28. The fourth-order valence-corrected chi connectivity index (χ4v) is 2.97. The number of benzene rings is 1. The smallest absolute Gasteiger partial charge is 0.137 e. The molecule has 0 aliphatic carbocycles. The highest BCUT2D eigenvalue weighted by molar-refractivity contribution is 6.32. The lowest BCUT2D eigenvalue weighted by molar-refractivity contribution is 0.0538. The Morgan fingerprint density at radius 3 is 2.74 bits per heavy atom. The third kappa shape index (κ3) is 3.62. The average molecular weight is 284 g/mol. The molecule has 1 aromatic rings. The third-order valence-corrected chi connectivity index (χ3v) is 3.99. The predicted molar refractivity (Wildman–Crippen MR) is 78.0 cm³/mol. The van der Waals surface area contributed by atoms with Crippen molar-refractivity contribution in [2.24, 2.45) is 5.92 Å². The molecule has 1 fully saturated rings. The number of methoxy groups -OCH3 is 1. The average Bonchev–Trinajstić information content (AvgIpc) is 2.45. The number of hydrogen-bond donors (Lipinski definition) is 1. The summed E-state index contributed by atoms with van der Waals surface area (Å²) in [6, 6.07) is 6.41. The quantitative estimate of drug-likeness (QED) is 0.898. The van der Waals surface area contributed by atoms with Crippen molar-refractivity contribution >= 4 is 11.6 Å². The lowest BCUT2D eigenvalue weighted by Gasteiger charge is -2.31. The van der Waals surface area contributed by atoms with Gasteiger partial charge in [-0.2, -0.15) is 0 Å². The molecule has 0 saturated carbocycles. The standard InChI is InChI=1S/C15H22ClNO2/c1-3-17-15(11-6-8-19-9-7-11)12-4-5-14(18-2)13(16)10-12/h4-5,10-11,15,17H,3,6-9H2,1-2H3. The van der Waals surface area contributed by atoms with Crippen molar-refractivity contribution in [1.29, 1.82) is 0 Å². The first-order valence-electron chi connectivity index (χ1n) is 6.90. The van der Waals surface area contributed by atoms with Crippen LogP contribution in [0.25, 0.3) is 0 Å². The highest BCUT2D eigenvalue weighted by Gasteiger charge is 2.25. The molecule has 1 aromatic carbocycles. The molecule has 1 aliphatic rings. The highest BCUT2D eigenvalue weighted by atomic mass is 35.5. The first-order chi connectivity index (χ1) is 9.26. The number of nitrogens with one attached hydrogen (secondary N) is 1. The Labute approximate surface area is 120 Å². The van der Waals surface area contributed by atoms with Crippen molar-refractivity contribution in [1.82, 2.24) is 5.32 Å². The van der Waals surface area contributed by atoms with Crippen LogP contribution in [0.15, 0.2) is 18.2 Å². The minimum absolute atomic E-state index is 0.345. The molecule has 0 aromatic heterocycles. The van der Waals surface area contributed by atoms with Crippen LogP contribution in [0.1, 0.15) is 31.4 Å². The van der Waals surface area contributed by atoms with Crippen LogP contribution in [0.2, 0.25) is 5.02 Å². The molecule has 106 valence electrons. The van der Waals surface area contributed by atoms with Gasteiger partial charge in [-0.3, -0.25) is 0 Å². The van der Waals surface area contributed by atoms with Crippen molar-refractivity contribution in [3.8, 4) is 5.75 Å². The van der Waals surface area contributed by atoms with E-state index in [-0.39, 0.29) is 0 Å². The number of rotatable bonds is 5. The van der Waals surface area contributed by atoms with Gasteiger partial charge in [0.25, 0.3) is 0 Å². The summed E-state index contributed by atoms with van der Waals surface area (Å²) in [5, 5.41) is 4.25. The molecule has 4 heteroatoms. The van der Waals surface area contributed by atoms with Crippen LogP contribution < -0.4 is 10.1 Å². The summed E-state index contributed by atoms with van der Waals surface area (Å²) in [7, 11) is 1.64. The van der Waals surface area contributed by atoms with Crippen molar-refractivity contribution in [2.45, 2.75) is 25.8 Å². The van der Waals surface area contributed by atoms with Crippen molar-refractivity contribution in [3.63, 3.8) is 0 Å². The van der Waals surface area contributed by atoms with E-state index < -0.39 is 0 Å². The van der Waals surface area contributed by atoms with Crippen LogP contribution in [0.3, 0.4) is 0 Å². The minimum Gasteiger partial charge on any atom is -0.495 e. The van der Waals surface area contributed by atoms with E-state index in [1.54, 1.807) is 7.11 Å². The molecule has 3 nitrogen and oxygen atoms in total. The molecular weight excluding hydrogens is 262 g/mol. The molecule has 19 heavy (non-hydrogen) atoms. The highest BCUT2D eigenvalue weighted by Crippen LogP contribution is 2.34. The molecule has 0 bridgehead atoms. The maximum Gasteiger partial charge on any atom is 0.137 e. The van der Waals surface area contributed by atoms with Crippen molar-refractivity contribution in [3.05, 3.63) is 28.8 Å². The number of halogens is 1. The molecule has 1 saturated heterocycles. The molecule has 0 amide bonds. The van der Waals surface area contributed by atoms with Gasteiger partial charge < -0.3 is 14.8 Å². The van der Waals surface area contributed by atoms with Gasteiger partial charge in [0.15, 0.2) is 0 Å². The van der Waals surface area contributed by atoms with Crippen LogP contribution in [-0.4, -0.2) is 26.9 Å². The zero-order valence-corrected chi connectivity index (χ0v) is 12.4. The summed E-state index contributed by atoms with van der Waals surface area (Å²) in [6.07, 6.45) is 2.20. The SMILES string of the molecule is CCNC(c1ccc(OC)c(Cl)c1)C1CCOCC1. The van der Waals surface area contributed by atoms with Crippen LogP contribution in [0.5, 0.6) is 5.75 Å². The van der Waals surface area contributed by atoms with E-state index in [1.165, 1.54) is 5.56 Å². The van der Waals surface area contributed by atoms with E-state index in [9.17, 15) is 0 Å². The molecule has 1 aliphatic heterocycles. The normalized spacial score (nSPS) is 18.3. The molecule has 1 atom stereocenters. The first kappa shape index (κ1) is 14.6. The number of ether oxygens (including phenoxy) is 2. The largest absolute Gasteiger partial charge is 0.495 e. The molecule has 2 rings (SSSR count). The molecule has 0 spiro atoms. The van der Waals surface area contributed by atoms with Gasteiger partial charge in [0.2, 0.25) is 0 Å². The van der Waals surface area contributed by atoms with E-state index in [2.05, 4.69) is 18.3 Å². The third-order valence-electron chi connectivity index (χ3n) is 3.70. The monoisotopic (exact) mass is 283 g/mol. The molecular formula is C15H22ClNO2. The molecule has 0 radical (unpaired) electrons. The van der Waals surface area contributed by atoms with Gasteiger partial charge in [-0.05, 0) is 43.0 Å². The zero-order valence-electron chi connectivity index (χ0n) is 11.6. The van der Waals surface area contributed by atoms with Crippen LogP contribution in [0, 0.1) is 5.92 Å². The van der Waals surface area contributed by atoms with Gasteiger partial charge in [0, 0.05) is 19.3 Å². The maximum absolute atomic E-state index is 6.24. The Morgan fingerprint density at radius 1 is 1.42 bits per heavy atom. The molecule has 1 N–H and O–H groups in total. The Balaban J connectivity index is 2.19. The van der Waals surface area contributed by atoms with Gasteiger partial charge in [-0.1, -0.05) is 24.6 Å². The van der Waals surface area contributed by atoms with Gasteiger partial charge >= 0.3 is 0 Å². The van der Waals surface area contributed by atoms with Crippen LogP contribution in [-0.2, 0) is 4.74 Å². The summed E-state index contributed by atoms with van der Waals surface area (Å²) in [5.74, 6) is 1.34. The number of hydrogen-bond acceptors (Lipinski definition) is 3. The van der Waals surface area contributed by atoms with Crippen molar-refractivity contribution < 1.29 is 9.47 Å². The fourth-order valence-electron chi connectivity index (χ4n) is 2.70. The maximum atomic E-state index is 6.24. The van der Waals surface area contributed by atoms with E-state index in [4.69, 9.17) is 21.1 Å². The predicted octanol–water partition coefficient (Wildman–Crippen LogP) is 3.43. The van der Waals surface area contributed by atoms with Gasteiger partial charge in [-0.25, -0.2) is 0 Å². The lowest BCUT2D eigenvalue weighted by atomic mass is 9.87. The summed E-state index contributed by atoms with van der Waals surface area (Å²) < 4.78 is 10.7. The van der Waals surface area contributed by atoms with Crippen LogP contribution in [0.4, 0.5) is 0 Å². The summed E-state index contributed by atoms with van der Waals surface area (Å²) in [5.41, 5.74) is 1.24. The fraction of sp³-hybridized carbons (Fsp3) is 0.600. The van der Waals surface area contributed by atoms with Crippen molar-refractivity contribution in [2.75, 3.05) is 26.9 Å². The Hall–Kier alpha value is -0.770. The zero-order chi connectivity index (χ0) is 13.7. The minimum atomic E-state index is 0.345. The Morgan fingerprint density at radius 2 is 2.16 bits per heavy atom. The van der Waals surface area contributed by atoms with E-state index in [0.29, 0.717) is 17.0 Å². The molecule has 1 heterocycles. The molecule has 1 unspecified atom stereocenters. The van der Waals surface area contributed by atoms with Gasteiger partial charge in [0.05, 0.1) is 12.1 Å². The van der Waals surface area contributed by atoms with E-state index >= 15 is 0 Å². The second-order valence-electron chi connectivity index (χ2n) is 4.88. The van der Waals surface area contributed by atoms with Crippen LogP contribution >= 0.6 is 11.6 Å². The lowest BCUT2D eigenvalue weighted by Crippen LogP contribution is -2.32. The van der Waals surface area contributed by atoms with Gasteiger partial charge in [0.1, 0.15) is 5.75 Å². The second kappa shape index (κ2) is 7.13. The van der Waals surface area contributed by atoms with E-state index in [0.717, 1.165) is 38.3 Å². The summed E-state index contributed by atoms with van der Waals surface area (Å²) in [6.45, 7) is 4.80. The Kier molecular flexibility index (Phi) is 5.49. The summed E-state index contributed by atoms with van der Waals surface area (Å²) >= 11 is 6.24. The summed E-state index contributed by atoms with van der Waals surface area (Å²) in [4.78, 5) is 0. The Bertz CT molecular complexity index is 405. The second-order valence-corrected chi connectivity index (χ2v) is 5.29.